The van der Waals surface area contributed by atoms with E-state index in [1.807, 2.05) is 57.3 Å². The zero-order chi connectivity index (χ0) is 27.6. The zero-order valence-corrected chi connectivity index (χ0v) is 23.7. The van der Waals surface area contributed by atoms with Crippen LogP contribution in [-0.4, -0.2) is 50.4 Å². The van der Waals surface area contributed by atoms with Gasteiger partial charge in [-0.15, -0.1) is 0 Å². The SMILES string of the molecule is CCCCNc1nc(N)nc(C)c1Cc1ccc(OCCCNC)cc1OC.CCOCc1ccccc1. The number of benzene rings is 2. The summed E-state index contributed by atoms with van der Waals surface area (Å²) in [4.78, 5) is 8.76. The van der Waals surface area contributed by atoms with Crippen molar-refractivity contribution in [3.05, 3.63) is 70.9 Å². The normalized spacial score (nSPS) is 10.4. The molecule has 0 amide bonds. The molecular formula is C30H45N5O3. The summed E-state index contributed by atoms with van der Waals surface area (Å²) in [5.41, 5.74) is 10.1. The molecular weight excluding hydrogens is 478 g/mol. The van der Waals surface area contributed by atoms with Crippen LogP contribution in [0, 0.1) is 6.92 Å². The highest BCUT2D eigenvalue weighted by Crippen LogP contribution is 2.30. The van der Waals surface area contributed by atoms with E-state index in [2.05, 4.69) is 39.7 Å². The van der Waals surface area contributed by atoms with E-state index in [4.69, 9.17) is 19.9 Å². The maximum Gasteiger partial charge on any atom is 0.222 e. The maximum absolute atomic E-state index is 5.86. The number of aryl methyl sites for hydroxylation is 1. The minimum absolute atomic E-state index is 0.289. The second kappa shape index (κ2) is 18.0. The number of nitrogens with two attached hydrogens (primary N) is 1. The van der Waals surface area contributed by atoms with Gasteiger partial charge in [-0.1, -0.05) is 49.7 Å². The van der Waals surface area contributed by atoms with E-state index in [9.17, 15) is 0 Å². The summed E-state index contributed by atoms with van der Waals surface area (Å²) < 4.78 is 16.6. The summed E-state index contributed by atoms with van der Waals surface area (Å²) in [6.45, 7) is 10.1. The quantitative estimate of drug-likeness (QED) is 0.228. The van der Waals surface area contributed by atoms with E-state index in [0.29, 0.717) is 13.0 Å². The van der Waals surface area contributed by atoms with E-state index >= 15 is 0 Å². The van der Waals surface area contributed by atoms with E-state index in [-0.39, 0.29) is 5.95 Å². The monoisotopic (exact) mass is 523 g/mol. The van der Waals surface area contributed by atoms with Crippen molar-refractivity contribution in [1.82, 2.24) is 15.3 Å². The zero-order valence-electron chi connectivity index (χ0n) is 23.7. The van der Waals surface area contributed by atoms with Gasteiger partial charge in [0.1, 0.15) is 17.3 Å². The first-order chi connectivity index (χ1) is 18.5. The van der Waals surface area contributed by atoms with Gasteiger partial charge < -0.3 is 30.6 Å². The predicted molar refractivity (Wildman–Crippen MR) is 156 cm³/mol. The fourth-order valence-electron chi connectivity index (χ4n) is 3.74. The van der Waals surface area contributed by atoms with Crippen molar-refractivity contribution in [3.8, 4) is 11.5 Å². The molecule has 3 aromatic rings. The molecule has 0 atom stereocenters. The first kappa shape index (κ1) is 30.9. The third kappa shape index (κ3) is 10.9. The Hall–Kier alpha value is -3.36. The number of anilines is 2. The molecule has 0 aliphatic rings. The molecule has 0 saturated carbocycles. The van der Waals surface area contributed by atoms with Crippen LogP contribution >= 0.6 is 0 Å². The molecule has 0 spiro atoms. The first-order valence-corrected chi connectivity index (χ1v) is 13.4. The largest absolute Gasteiger partial charge is 0.496 e. The van der Waals surface area contributed by atoms with Gasteiger partial charge in [0.2, 0.25) is 5.95 Å². The van der Waals surface area contributed by atoms with Crippen molar-refractivity contribution in [2.24, 2.45) is 0 Å². The highest BCUT2D eigenvalue weighted by Gasteiger charge is 2.14. The molecule has 0 radical (unpaired) electrons. The second-order valence-corrected chi connectivity index (χ2v) is 8.85. The Bertz CT molecular complexity index is 1060. The van der Waals surface area contributed by atoms with Crippen LogP contribution < -0.4 is 25.8 Å². The molecule has 3 rings (SSSR count). The Morgan fingerprint density at radius 3 is 2.45 bits per heavy atom. The lowest BCUT2D eigenvalue weighted by molar-refractivity contribution is 0.134. The molecule has 0 unspecified atom stereocenters. The molecule has 38 heavy (non-hydrogen) atoms. The number of hydrogen-bond acceptors (Lipinski definition) is 8. The van der Waals surface area contributed by atoms with Crippen molar-refractivity contribution < 1.29 is 14.2 Å². The average molecular weight is 524 g/mol. The summed E-state index contributed by atoms with van der Waals surface area (Å²) in [5.74, 6) is 2.69. The smallest absolute Gasteiger partial charge is 0.222 e. The van der Waals surface area contributed by atoms with Crippen LogP contribution in [0.3, 0.4) is 0 Å². The molecule has 2 aromatic carbocycles. The van der Waals surface area contributed by atoms with Gasteiger partial charge in [-0.05, 0) is 57.5 Å². The van der Waals surface area contributed by atoms with Crippen molar-refractivity contribution >= 4 is 11.8 Å². The Labute approximate surface area is 228 Å². The number of aromatic nitrogens is 2. The van der Waals surface area contributed by atoms with E-state index in [1.165, 1.54) is 5.56 Å². The molecule has 0 aliphatic carbocycles. The average Bonchev–Trinajstić information content (AvgIpc) is 2.93. The van der Waals surface area contributed by atoms with Crippen molar-refractivity contribution in [2.75, 3.05) is 51.5 Å². The summed E-state index contributed by atoms with van der Waals surface area (Å²) in [5, 5.41) is 6.52. The third-order valence-electron chi connectivity index (χ3n) is 5.84. The molecule has 208 valence electrons. The number of rotatable bonds is 15. The lowest BCUT2D eigenvalue weighted by Crippen LogP contribution is -2.12. The summed E-state index contributed by atoms with van der Waals surface area (Å²) in [7, 11) is 3.61. The van der Waals surface area contributed by atoms with Gasteiger partial charge in [0.15, 0.2) is 0 Å². The van der Waals surface area contributed by atoms with Gasteiger partial charge in [-0.2, -0.15) is 4.98 Å². The molecule has 0 aliphatic heterocycles. The maximum atomic E-state index is 5.86. The molecule has 0 fully saturated rings. The Kier molecular flexibility index (Phi) is 14.6. The van der Waals surface area contributed by atoms with Crippen LogP contribution in [-0.2, 0) is 17.8 Å². The van der Waals surface area contributed by atoms with Gasteiger partial charge in [-0.3, -0.25) is 0 Å². The highest BCUT2D eigenvalue weighted by atomic mass is 16.5. The minimum Gasteiger partial charge on any atom is -0.496 e. The minimum atomic E-state index is 0.289. The van der Waals surface area contributed by atoms with Gasteiger partial charge in [-0.25, -0.2) is 4.98 Å². The lowest BCUT2D eigenvalue weighted by Gasteiger charge is -2.16. The number of nitrogens with one attached hydrogen (secondary N) is 2. The van der Waals surface area contributed by atoms with Crippen LogP contribution in [0.15, 0.2) is 48.5 Å². The number of nitrogens with zero attached hydrogens (tertiary/aromatic N) is 2. The van der Waals surface area contributed by atoms with Gasteiger partial charge in [0.25, 0.3) is 0 Å². The molecule has 1 heterocycles. The molecule has 0 saturated heterocycles. The van der Waals surface area contributed by atoms with Crippen LogP contribution in [0.5, 0.6) is 11.5 Å². The van der Waals surface area contributed by atoms with Crippen LogP contribution in [0.4, 0.5) is 11.8 Å². The predicted octanol–water partition coefficient (Wildman–Crippen LogP) is 5.39. The number of nitrogen functional groups attached to an aromatic ring is 1. The topological polar surface area (TPSA) is 104 Å². The van der Waals surface area contributed by atoms with E-state index in [1.54, 1.807) is 7.11 Å². The van der Waals surface area contributed by atoms with Crippen LogP contribution in [0.1, 0.15) is 55.5 Å². The molecule has 0 bridgehead atoms. The Morgan fingerprint density at radius 2 is 1.76 bits per heavy atom. The third-order valence-corrected chi connectivity index (χ3v) is 5.84. The number of ether oxygens (including phenoxy) is 3. The standard InChI is InChI=1S/C21H33N5O2.C9H12O/c1-5-6-11-24-20-18(15(2)25-21(22)26-20)13-16-8-9-17(14-19(16)27-4)28-12-7-10-23-3;1-2-10-8-9-6-4-3-5-7-9/h8-9,14,23H,5-7,10-13H2,1-4H3,(H3,22,24,25,26);3-7H,2,8H2,1H3. The lowest BCUT2D eigenvalue weighted by atomic mass is 10.0. The fraction of sp³-hybridized carbons (Fsp3) is 0.467. The van der Waals surface area contributed by atoms with Crippen LogP contribution in [0.25, 0.3) is 0 Å². The molecule has 4 N–H and O–H groups in total. The van der Waals surface area contributed by atoms with Crippen molar-refractivity contribution in [2.45, 2.75) is 53.1 Å². The van der Waals surface area contributed by atoms with E-state index in [0.717, 1.165) is 79.7 Å². The molecule has 8 nitrogen and oxygen atoms in total. The Morgan fingerprint density at radius 1 is 0.974 bits per heavy atom. The van der Waals surface area contributed by atoms with Gasteiger partial charge in [0, 0.05) is 36.9 Å². The van der Waals surface area contributed by atoms with Gasteiger partial charge in [0.05, 0.1) is 20.3 Å². The van der Waals surface area contributed by atoms with E-state index < -0.39 is 0 Å². The van der Waals surface area contributed by atoms with Crippen LogP contribution in [0.2, 0.25) is 0 Å². The fourth-order valence-corrected chi connectivity index (χ4v) is 3.74. The van der Waals surface area contributed by atoms with Gasteiger partial charge >= 0.3 is 0 Å². The van der Waals surface area contributed by atoms with Crippen molar-refractivity contribution in [1.29, 1.82) is 0 Å². The second-order valence-electron chi connectivity index (χ2n) is 8.85. The molecule has 8 heteroatoms. The number of hydrogen-bond donors (Lipinski definition) is 3. The molecule has 1 aromatic heterocycles. The Balaban J connectivity index is 0.000000423. The summed E-state index contributed by atoms with van der Waals surface area (Å²) >= 11 is 0. The highest BCUT2D eigenvalue weighted by molar-refractivity contribution is 5.53. The first-order valence-electron chi connectivity index (χ1n) is 13.4. The number of unbranched alkanes of at least 4 members (excludes halogenated alkanes) is 1. The number of methoxy groups -OCH3 is 1. The van der Waals surface area contributed by atoms with Crippen molar-refractivity contribution in [3.63, 3.8) is 0 Å². The summed E-state index contributed by atoms with van der Waals surface area (Å²) in [6.07, 6.45) is 3.80. The summed E-state index contributed by atoms with van der Waals surface area (Å²) in [6, 6.07) is 16.1.